The van der Waals surface area contributed by atoms with Gasteiger partial charge < -0.3 is 20.3 Å². The van der Waals surface area contributed by atoms with Crippen LogP contribution in [-0.2, 0) is 16.0 Å². The van der Waals surface area contributed by atoms with Crippen LogP contribution in [0, 0.1) is 5.92 Å². The third kappa shape index (κ3) is 8.07. The van der Waals surface area contributed by atoms with Crippen molar-refractivity contribution in [1.29, 1.82) is 0 Å². The van der Waals surface area contributed by atoms with Crippen molar-refractivity contribution in [3.8, 4) is 0 Å². The number of fused-ring (bicyclic) bond motifs is 1. The predicted octanol–water partition coefficient (Wildman–Crippen LogP) is 3.94. The molecule has 2 aromatic rings. The molecule has 1 saturated carbocycles. The van der Waals surface area contributed by atoms with Crippen LogP contribution in [0.5, 0.6) is 0 Å². The Kier molecular flexibility index (Phi) is 10.3. The van der Waals surface area contributed by atoms with E-state index >= 15 is 0 Å². The molecule has 3 rings (SSSR count). The molecule has 176 valence electrons. The Morgan fingerprint density at radius 3 is 2.81 bits per heavy atom. The van der Waals surface area contributed by atoms with Gasteiger partial charge in [0.1, 0.15) is 0 Å². The minimum absolute atomic E-state index is 0.00570. The molecule has 0 saturated heterocycles. The highest BCUT2D eigenvalue weighted by Crippen LogP contribution is 2.30. The highest BCUT2D eigenvalue weighted by Gasteiger charge is 2.32. The molecule has 0 spiro atoms. The van der Waals surface area contributed by atoms with Gasteiger partial charge in [0.2, 0.25) is 5.91 Å². The van der Waals surface area contributed by atoms with Crippen LogP contribution in [0.1, 0.15) is 44.6 Å². The number of rotatable bonds is 12. The van der Waals surface area contributed by atoms with E-state index < -0.39 is 12.2 Å². The van der Waals surface area contributed by atoms with Crippen molar-refractivity contribution in [1.82, 2.24) is 5.32 Å². The number of carbonyl (C=O) groups excluding carboxylic acids is 1. The smallest absolute Gasteiger partial charge is 0.224 e. The minimum Gasteiger partial charge on any atom is -0.393 e. The molecule has 0 heterocycles. The van der Waals surface area contributed by atoms with Gasteiger partial charge in [-0.15, -0.1) is 0 Å². The molecule has 2 aromatic carbocycles. The van der Waals surface area contributed by atoms with Crippen LogP contribution in [0.3, 0.4) is 0 Å². The Morgan fingerprint density at radius 1 is 1.19 bits per heavy atom. The summed E-state index contributed by atoms with van der Waals surface area (Å²) in [6.45, 7) is 3.29. The summed E-state index contributed by atoms with van der Waals surface area (Å²) in [5.74, 6) is 2.18. The number of amides is 1. The quantitative estimate of drug-likeness (QED) is 0.419. The van der Waals surface area contributed by atoms with Crippen molar-refractivity contribution in [2.24, 2.45) is 5.92 Å². The first-order chi connectivity index (χ1) is 15.5. The molecule has 32 heavy (non-hydrogen) atoms. The van der Waals surface area contributed by atoms with E-state index in [0.717, 1.165) is 40.7 Å². The summed E-state index contributed by atoms with van der Waals surface area (Å²) in [6.07, 6.45) is 2.87. The summed E-state index contributed by atoms with van der Waals surface area (Å²) in [7, 11) is 0. The van der Waals surface area contributed by atoms with Crippen molar-refractivity contribution in [2.75, 3.05) is 24.7 Å². The van der Waals surface area contributed by atoms with Crippen LogP contribution in [-0.4, -0.2) is 59.1 Å². The summed E-state index contributed by atoms with van der Waals surface area (Å²) in [4.78, 5) is 12.3. The lowest BCUT2D eigenvalue weighted by Gasteiger charge is -2.35. The molecule has 0 aromatic heterocycles. The molecular weight excluding hydrogens is 422 g/mol. The molecular formula is C26H37NO4S. The van der Waals surface area contributed by atoms with E-state index in [4.69, 9.17) is 4.74 Å². The highest BCUT2D eigenvalue weighted by atomic mass is 32.2. The number of aliphatic hydroxyl groups is 2. The first-order valence-electron chi connectivity index (χ1n) is 11.8. The SMILES string of the molecule is CCSCCCOC1CC(O)CC(C(O)CCNC(=O)Cc2ccc3ccccc3c2)C1. The number of carbonyl (C=O) groups is 1. The minimum atomic E-state index is -0.548. The van der Waals surface area contributed by atoms with Crippen molar-refractivity contribution in [3.63, 3.8) is 0 Å². The largest absolute Gasteiger partial charge is 0.393 e. The van der Waals surface area contributed by atoms with Crippen LogP contribution in [0.15, 0.2) is 42.5 Å². The molecule has 0 aliphatic heterocycles. The van der Waals surface area contributed by atoms with Gasteiger partial charge in [-0.3, -0.25) is 4.79 Å². The average Bonchev–Trinajstić information content (AvgIpc) is 2.78. The number of nitrogens with one attached hydrogen (secondary N) is 1. The van der Waals surface area contributed by atoms with Gasteiger partial charge in [-0.05, 0) is 65.9 Å². The Hall–Kier alpha value is -1.60. The number of benzene rings is 2. The molecule has 4 unspecified atom stereocenters. The van der Waals surface area contributed by atoms with Gasteiger partial charge in [0.05, 0.1) is 24.7 Å². The molecule has 0 radical (unpaired) electrons. The van der Waals surface area contributed by atoms with Crippen LogP contribution in [0.25, 0.3) is 10.8 Å². The van der Waals surface area contributed by atoms with Gasteiger partial charge >= 0.3 is 0 Å². The average molecular weight is 460 g/mol. The van der Waals surface area contributed by atoms with Crippen molar-refractivity contribution in [3.05, 3.63) is 48.0 Å². The van der Waals surface area contributed by atoms with Gasteiger partial charge in [-0.1, -0.05) is 49.4 Å². The van der Waals surface area contributed by atoms with E-state index in [-0.39, 0.29) is 17.9 Å². The molecule has 6 heteroatoms. The molecule has 1 fully saturated rings. The highest BCUT2D eigenvalue weighted by molar-refractivity contribution is 7.99. The van der Waals surface area contributed by atoms with E-state index in [2.05, 4.69) is 18.3 Å². The maximum atomic E-state index is 12.3. The fourth-order valence-corrected chi connectivity index (χ4v) is 5.09. The third-order valence-corrected chi connectivity index (χ3v) is 7.14. The zero-order chi connectivity index (χ0) is 22.8. The second kappa shape index (κ2) is 13.2. The van der Waals surface area contributed by atoms with Crippen LogP contribution >= 0.6 is 11.8 Å². The lowest BCUT2D eigenvalue weighted by molar-refractivity contribution is -0.120. The normalized spacial score (nSPS) is 22.0. The number of hydrogen-bond donors (Lipinski definition) is 3. The molecule has 4 atom stereocenters. The number of ether oxygens (including phenoxy) is 1. The van der Waals surface area contributed by atoms with Crippen LogP contribution in [0.2, 0.25) is 0 Å². The second-order valence-corrected chi connectivity index (χ2v) is 10.1. The first-order valence-corrected chi connectivity index (χ1v) is 13.0. The van der Waals surface area contributed by atoms with Crippen molar-refractivity contribution >= 4 is 28.4 Å². The summed E-state index contributed by atoms with van der Waals surface area (Å²) in [6, 6.07) is 14.2. The summed E-state index contributed by atoms with van der Waals surface area (Å²) in [5, 5.41) is 26.1. The Balaban J connectivity index is 1.38. The first kappa shape index (κ1) is 25.0. The van der Waals surface area contributed by atoms with Crippen LogP contribution < -0.4 is 5.32 Å². The zero-order valence-corrected chi connectivity index (χ0v) is 19.9. The third-order valence-electron chi connectivity index (χ3n) is 6.15. The Labute approximate surface area is 195 Å². The predicted molar refractivity (Wildman–Crippen MR) is 132 cm³/mol. The molecule has 5 nitrogen and oxygen atoms in total. The summed E-state index contributed by atoms with van der Waals surface area (Å²) >= 11 is 1.91. The number of hydrogen-bond acceptors (Lipinski definition) is 5. The summed E-state index contributed by atoms with van der Waals surface area (Å²) in [5.41, 5.74) is 0.981. The maximum Gasteiger partial charge on any atom is 0.224 e. The van der Waals surface area contributed by atoms with E-state index in [1.165, 1.54) is 0 Å². The lowest BCUT2D eigenvalue weighted by atomic mass is 9.81. The van der Waals surface area contributed by atoms with Gasteiger partial charge in [0.15, 0.2) is 0 Å². The van der Waals surface area contributed by atoms with Crippen LogP contribution in [0.4, 0.5) is 0 Å². The van der Waals surface area contributed by atoms with E-state index in [1.807, 2.05) is 48.2 Å². The fraction of sp³-hybridized carbons (Fsp3) is 0.577. The maximum absolute atomic E-state index is 12.3. The molecule has 1 amide bonds. The topological polar surface area (TPSA) is 78.8 Å². The van der Waals surface area contributed by atoms with E-state index in [0.29, 0.717) is 38.8 Å². The van der Waals surface area contributed by atoms with Crippen molar-refractivity contribution in [2.45, 2.75) is 63.8 Å². The molecule has 3 N–H and O–H groups in total. The van der Waals surface area contributed by atoms with E-state index in [9.17, 15) is 15.0 Å². The van der Waals surface area contributed by atoms with Gasteiger partial charge in [0.25, 0.3) is 0 Å². The second-order valence-electron chi connectivity index (χ2n) is 8.73. The fourth-order valence-electron chi connectivity index (χ4n) is 4.48. The lowest BCUT2D eigenvalue weighted by Crippen LogP contribution is -2.38. The number of aliphatic hydroxyl groups excluding tert-OH is 2. The molecule has 1 aliphatic rings. The Bertz CT molecular complexity index is 845. The molecule has 1 aliphatic carbocycles. The van der Waals surface area contributed by atoms with Gasteiger partial charge in [-0.25, -0.2) is 0 Å². The van der Waals surface area contributed by atoms with Gasteiger partial charge in [0, 0.05) is 13.2 Å². The van der Waals surface area contributed by atoms with E-state index in [1.54, 1.807) is 0 Å². The summed E-state index contributed by atoms with van der Waals surface area (Å²) < 4.78 is 5.97. The van der Waals surface area contributed by atoms with Crippen molar-refractivity contribution < 1.29 is 19.7 Å². The zero-order valence-electron chi connectivity index (χ0n) is 19.0. The standard InChI is InChI=1S/C26H37NO4S/c1-2-32-13-5-12-31-24-17-22(16-23(28)18-24)25(29)10-11-27-26(30)15-19-8-9-20-6-3-4-7-21(20)14-19/h3-4,6-9,14,22-25,28-29H,2,5,10-13,15-18H2,1H3,(H,27,30). The van der Waals surface area contributed by atoms with Gasteiger partial charge in [-0.2, -0.15) is 11.8 Å². The monoisotopic (exact) mass is 459 g/mol. The molecule has 0 bridgehead atoms. The number of thioether (sulfide) groups is 1. The Morgan fingerprint density at radius 2 is 2.00 bits per heavy atom.